The van der Waals surface area contributed by atoms with E-state index in [0.29, 0.717) is 18.0 Å². The molecule has 0 aromatic heterocycles. The number of benzene rings is 2. The molecule has 2 atom stereocenters. The van der Waals surface area contributed by atoms with Gasteiger partial charge in [0.15, 0.2) is 11.5 Å². The summed E-state index contributed by atoms with van der Waals surface area (Å²) in [7, 11) is 0. The van der Waals surface area contributed by atoms with Crippen LogP contribution in [-0.2, 0) is 9.59 Å². The molecular formula is C21H22N2O4. The molecular weight excluding hydrogens is 344 g/mol. The summed E-state index contributed by atoms with van der Waals surface area (Å²) in [6.45, 7) is 4.59. The molecule has 0 saturated carbocycles. The van der Waals surface area contributed by atoms with Crippen LogP contribution in [0.4, 0.5) is 5.69 Å². The van der Waals surface area contributed by atoms with Crippen LogP contribution in [0, 0.1) is 6.92 Å². The van der Waals surface area contributed by atoms with Crippen molar-refractivity contribution in [3.63, 3.8) is 0 Å². The standard InChI is InChI=1S/C21H22N2O4/c1-14-7-3-4-8-16(14)23-15(2)11-22(12-20(23)24)21(25)19-13-26-17-9-5-6-10-18(17)27-19/h3-10,15,19H,11-13H2,1-2H3/t15-,19+/m0/s1. The van der Waals surface area contributed by atoms with Crippen LogP contribution in [0.25, 0.3) is 0 Å². The lowest BCUT2D eigenvalue weighted by Gasteiger charge is -2.41. The van der Waals surface area contributed by atoms with Crippen molar-refractivity contribution >= 4 is 17.5 Å². The van der Waals surface area contributed by atoms with Crippen molar-refractivity contribution in [2.24, 2.45) is 0 Å². The molecule has 6 heteroatoms. The Balaban J connectivity index is 1.48. The van der Waals surface area contributed by atoms with Crippen molar-refractivity contribution in [2.45, 2.75) is 26.0 Å². The highest BCUT2D eigenvalue weighted by molar-refractivity contribution is 5.99. The first kappa shape index (κ1) is 17.4. The summed E-state index contributed by atoms with van der Waals surface area (Å²) in [5, 5.41) is 0. The largest absolute Gasteiger partial charge is 0.485 e. The summed E-state index contributed by atoms with van der Waals surface area (Å²) >= 11 is 0. The number of para-hydroxylation sites is 3. The van der Waals surface area contributed by atoms with Crippen molar-refractivity contribution in [3.05, 3.63) is 54.1 Å². The number of hydrogen-bond acceptors (Lipinski definition) is 4. The minimum atomic E-state index is -0.732. The predicted molar refractivity (Wildman–Crippen MR) is 101 cm³/mol. The van der Waals surface area contributed by atoms with E-state index in [0.717, 1.165) is 11.3 Å². The van der Waals surface area contributed by atoms with Crippen LogP contribution in [-0.4, -0.2) is 48.6 Å². The van der Waals surface area contributed by atoms with E-state index in [1.165, 1.54) is 0 Å². The second-order valence-corrected chi connectivity index (χ2v) is 6.98. The molecule has 0 N–H and O–H groups in total. The van der Waals surface area contributed by atoms with Crippen molar-refractivity contribution < 1.29 is 19.1 Å². The average Bonchev–Trinajstić information content (AvgIpc) is 2.68. The Morgan fingerprint density at radius 3 is 2.52 bits per heavy atom. The normalized spacial score (nSPS) is 21.9. The highest BCUT2D eigenvalue weighted by Crippen LogP contribution is 2.32. The van der Waals surface area contributed by atoms with Crippen molar-refractivity contribution in [1.82, 2.24) is 4.90 Å². The Labute approximate surface area is 158 Å². The van der Waals surface area contributed by atoms with Gasteiger partial charge >= 0.3 is 0 Å². The third-order valence-electron chi connectivity index (χ3n) is 4.99. The van der Waals surface area contributed by atoms with Crippen LogP contribution >= 0.6 is 0 Å². The van der Waals surface area contributed by atoms with Gasteiger partial charge in [0, 0.05) is 12.2 Å². The zero-order valence-electron chi connectivity index (χ0n) is 15.4. The molecule has 4 rings (SSSR count). The van der Waals surface area contributed by atoms with E-state index in [-0.39, 0.29) is 31.0 Å². The predicted octanol–water partition coefficient (Wildman–Crippen LogP) is 2.40. The number of aryl methyl sites for hydroxylation is 1. The number of carbonyl (C=O) groups is 2. The molecule has 0 aliphatic carbocycles. The number of hydrogen-bond donors (Lipinski definition) is 0. The quantitative estimate of drug-likeness (QED) is 0.819. The molecule has 2 amide bonds. The molecule has 2 aromatic carbocycles. The SMILES string of the molecule is Cc1ccccc1N1C(=O)CN(C(=O)[C@H]2COc3ccccc3O2)C[C@@H]1C. The third kappa shape index (κ3) is 3.23. The van der Waals surface area contributed by atoms with Crippen LogP contribution < -0.4 is 14.4 Å². The maximum absolute atomic E-state index is 12.9. The van der Waals surface area contributed by atoms with Gasteiger partial charge in [0.05, 0.1) is 6.04 Å². The second-order valence-electron chi connectivity index (χ2n) is 6.98. The van der Waals surface area contributed by atoms with Crippen molar-refractivity contribution in [2.75, 3.05) is 24.6 Å². The number of amides is 2. The monoisotopic (exact) mass is 366 g/mol. The fourth-order valence-electron chi connectivity index (χ4n) is 3.67. The molecule has 0 spiro atoms. The minimum Gasteiger partial charge on any atom is -0.485 e. The van der Waals surface area contributed by atoms with E-state index in [4.69, 9.17) is 9.47 Å². The highest BCUT2D eigenvalue weighted by atomic mass is 16.6. The van der Waals surface area contributed by atoms with E-state index in [9.17, 15) is 9.59 Å². The zero-order chi connectivity index (χ0) is 19.0. The Hall–Kier alpha value is -3.02. The molecule has 2 heterocycles. The van der Waals surface area contributed by atoms with E-state index in [1.807, 2.05) is 56.3 Å². The van der Waals surface area contributed by atoms with E-state index < -0.39 is 6.10 Å². The zero-order valence-corrected chi connectivity index (χ0v) is 15.4. The topological polar surface area (TPSA) is 59.1 Å². The van der Waals surface area contributed by atoms with Gasteiger partial charge in [0.1, 0.15) is 13.2 Å². The molecule has 2 aliphatic heterocycles. The summed E-state index contributed by atoms with van der Waals surface area (Å²) in [5.41, 5.74) is 1.94. The van der Waals surface area contributed by atoms with Gasteiger partial charge in [-0.1, -0.05) is 30.3 Å². The fraction of sp³-hybridized carbons (Fsp3) is 0.333. The fourth-order valence-corrected chi connectivity index (χ4v) is 3.67. The van der Waals surface area contributed by atoms with Crippen LogP contribution in [0.15, 0.2) is 48.5 Å². The number of anilines is 1. The van der Waals surface area contributed by atoms with E-state index in [2.05, 4.69) is 0 Å². The number of carbonyl (C=O) groups excluding carboxylic acids is 2. The third-order valence-corrected chi connectivity index (χ3v) is 4.99. The number of piperazine rings is 1. The first-order chi connectivity index (χ1) is 13.0. The first-order valence-corrected chi connectivity index (χ1v) is 9.09. The van der Waals surface area contributed by atoms with Gasteiger partial charge in [0.2, 0.25) is 12.0 Å². The molecule has 6 nitrogen and oxygen atoms in total. The summed E-state index contributed by atoms with van der Waals surface area (Å²) in [5.74, 6) is 0.887. The first-order valence-electron chi connectivity index (χ1n) is 9.09. The average molecular weight is 366 g/mol. The molecule has 2 aromatic rings. The molecule has 0 radical (unpaired) electrons. The summed E-state index contributed by atoms with van der Waals surface area (Å²) in [4.78, 5) is 29.1. The second kappa shape index (κ2) is 6.95. The van der Waals surface area contributed by atoms with Gasteiger partial charge < -0.3 is 19.3 Å². The molecule has 27 heavy (non-hydrogen) atoms. The Morgan fingerprint density at radius 2 is 1.78 bits per heavy atom. The Morgan fingerprint density at radius 1 is 1.07 bits per heavy atom. The molecule has 0 bridgehead atoms. The molecule has 1 saturated heterocycles. The number of rotatable bonds is 2. The van der Waals surface area contributed by atoms with E-state index >= 15 is 0 Å². The van der Waals surface area contributed by atoms with Crippen LogP contribution in [0.3, 0.4) is 0 Å². The molecule has 1 fully saturated rings. The maximum atomic E-state index is 12.9. The highest BCUT2D eigenvalue weighted by Gasteiger charge is 2.38. The number of fused-ring (bicyclic) bond motifs is 1. The summed E-state index contributed by atoms with van der Waals surface area (Å²) in [6.07, 6.45) is -0.732. The van der Waals surface area contributed by atoms with Crippen LogP contribution in [0.2, 0.25) is 0 Å². The lowest BCUT2D eigenvalue weighted by molar-refractivity contribution is -0.145. The summed E-state index contributed by atoms with van der Waals surface area (Å²) < 4.78 is 11.4. The molecule has 140 valence electrons. The van der Waals surface area contributed by atoms with Gasteiger partial charge in [-0.25, -0.2) is 0 Å². The number of nitrogens with zero attached hydrogens (tertiary/aromatic N) is 2. The van der Waals surface area contributed by atoms with Crippen LogP contribution in [0.5, 0.6) is 11.5 Å². The lowest BCUT2D eigenvalue weighted by Crippen LogP contribution is -2.60. The van der Waals surface area contributed by atoms with Gasteiger partial charge in [-0.15, -0.1) is 0 Å². The van der Waals surface area contributed by atoms with Gasteiger partial charge in [0.25, 0.3) is 5.91 Å². The molecule has 0 unspecified atom stereocenters. The van der Waals surface area contributed by atoms with Gasteiger partial charge in [-0.2, -0.15) is 0 Å². The van der Waals surface area contributed by atoms with Gasteiger partial charge in [-0.05, 0) is 37.6 Å². The smallest absolute Gasteiger partial charge is 0.267 e. The Bertz CT molecular complexity index is 882. The molecule has 2 aliphatic rings. The minimum absolute atomic E-state index is 0.0407. The maximum Gasteiger partial charge on any atom is 0.267 e. The summed E-state index contributed by atoms with van der Waals surface area (Å²) in [6, 6.07) is 15.0. The van der Waals surface area contributed by atoms with Crippen LogP contribution in [0.1, 0.15) is 12.5 Å². The van der Waals surface area contributed by atoms with E-state index in [1.54, 1.807) is 15.9 Å². The van der Waals surface area contributed by atoms with Crippen molar-refractivity contribution in [1.29, 1.82) is 0 Å². The van der Waals surface area contributed by atoms with Crippen molar-refractivity contribution in [3.8, 4) is 11.5 Å². The Kier molecular flexibility index (Phi) is 4.48. The number of ether oxygens (including phenoxy) is 2. The van der Waals surface area contributed by atoms with Gasteiger partial charge in [-0.3, -0.25) is 9.59 Å². The lowest BCUT2D eigenvalue weighted by atomic mass is 10.1.